The molecular weight excluding hydrogens is 435 g/mol. The number of rotatable bonds is 7. The third kappa shape index (κ3) is 6.42. The average molecular weight is 469 g/mol. The second-order valence-corrected chi connectivity index (χ2v) is 11.1. The number of sulfonamides is 1. The predicted molar refractivity (Wildman–Crippen MR) is 118 cm³/mol. The van der Waals surface area contributed by atoms with Crippen molar-refractivity contribution < 1.29 is 27.1 Å². The molecule has 1 amide bonds. The molecule has 7 nitrogen and oxygen atoms in total. The summed E-state index contributed by atoms with van der Waals surface area (Å²) in [6.45, 7) is 0.802. The van der Waals surface area contributed by atoms with Crippen molar-refractivity contribution in [3.63, 3.8) is 0 Å². The summed E-state index contributed by atoms with van der Waals surface area (Å²) >= 11 is 0. The van der Waals surface area contributed by atoms with Crippen LogP contribution >= 0.6 is 0 Å². The van der Waals surface area contributed by atoms with Gasteiger partial charge in [0.1, 0.15) is 11.9 Å². The van der Waals surface area contributed by atoms with Gasteiger partial charge in [-0.3, -0.25) is 0 Å². The molecule has 2 aliphatic carbocycles. The van der Waals surface area contributed by atoms with E-state index in [4.69, 9.17) is 9.47 Å². The molecule has 1 aliphatic heterocycles. The maximum atomic E-state index is 13.5. The van der Waals surface area contributed by atoms with Crippen molar-refractivity contribution in [3.05, 3.63) is 35.6 Å². The molecule has 1 aromatic rings. The lowest BCUT2D eigenvalue weighted by Gasteiger charge is -2.41. The number of carbonyl (C=O) groups excluding carboxylic acids is 1. The van der Waals surface area contributed by atoms with Gasteiger partial charge in [-0.05, 0) is 75.0 Å². The molecule has 1 aromatic carbocycles. The first kappa shape index (κ1) is 23.4. The van der Waals surface area contributed by atoms with E-state index in [1.807, 2.05) is 6.07 Å². The SMILES string of the molecule is CS(=O)(=O)N[C@H]1CCCN(C(=O)OC2CC2)[C@H]1COC1CCC(c2cccc(F)c2)CC1. The van der Waals surface area contributed by atoms with Crippen LogP contribution in [0.1, 0.15) is 62.8 Å². The van der Waals surface area contributed by atoms with Crippen LogP contribution < -0.4 is 4.72 Å². The van der Waals surface area contributed by atoms with E-state index in [0.717, 1.165) is 50.3 Å². The number of piperidine rings is 1. The van der Waals surface area contributed by atoms with Crippen LogP contribution in [0.2, 0.25) is 0 Å². The van der Waals surface area contributed by atoms with Gasteiger partial charge in [-0.1, -0.05) is 12.1 Å². The summed E-state index contributed by atoms with van der Waals surface area (Å²) < 4.78 is 51.7. The average Bonchev–Trinajstić information content (AvgIpc) is 3.56. The fourth-order valence-corrected chi connectivity index (χ4v) is 5.68. The maximum Gasteiger partial charge on any atom is 0.410 e. The van der Waals surface area contributed by atoms with E-state index in [9.17, 15) is 17.6 Å². The van der Waals surface area contributed by atoms with Gasteiger partial charge >= 0.3 is 6.09 Å². The number of amides is 1. The molecule has 0 radical (unpaired) electrons. The van der Waals surface area contributed by atoms with E-state index < -0.39 is 22.1 Å². The van der Waals surface area contributed by atoms with E-state index in [1.165, 1.54) is 6.07 Å². The number of hydrogen-bond acceptors (Lipinski definition) is 5. The number of halogens is 1. The lowest BCUT2D eigenvalue weighted by molar-refractivity contribution is -0.0273. The van der Waals surface area contributed by atoms with Crippen LogP contribution in [0.25, 0.3) is 0 Å². The Balaban J connectivity index is 1.36. The summed E-state index contributed by atoms with van der Waals surface area (Å²) in [5, 5.41) is 0. The lowest BCUT2D eigenvalue weighted by atomic mass is 9.82. The van der Waals surface area contributed by atoms with Crippen LogP contribution in [0.4, 0.5) is 9.18 Å². The predicted octanol–water partition coefficient (Wildman–Crippen LogP) is 3.55. The van der Waals surface area contributed by atoms with Crippen LogP contribution in [-0.2, 0) is 19.5 Å². The van der Waals surface area contributed by atoms with Gasteiger partial charge in [-0.2, -0.15) is 0 Å². The van der Waals surface area contributed by atoms with Crippen molar-refractivity contribution in [2.45, 2.75) is 81.6 Å². The van der Waals surface area contributed by atoms with Crippen LogP contribution in [0.5, 0.6) is 0 Å². The molecule has 178 valence electrons. The highest BCUT2D eigenvalue weighted by molar-refractivity contribution is 7.88. The molecule has 9 heteroatoms. The molecular formula is C23H33FN2O5S. The number of carbonyl (C=O) groups is 1. The van der Waals surface area contributed by atoms with Gasteiger partial charge in [0.05, 0.1) is 25.0 Å². The molecule has 0 spiro atoms. The minimum absolute atomic E-state index is 0.00888. The highest BCUT2D eigenvalue weighted by atomic mass is 32.2. The zero-order chi connectivity index (χ0) is 22.7. The minimum Gasteiger partial charge on any atom is -0.446 e. The fourth-order valence-electron chi connectivity index (χ4n) is 4.86. The summed E-state index contributed by atoms with van der Waals surface area (Å²) in [5.74, 6) is 0.116. The second-order valence-electron chi connectivity index (χ2n) is 9.34. The first-order valence-electron chi connectivity index (χ1n) is 11.6. The van der Waals surface area contributed by atoms with Gasteiger partial charge in [0, 0.05) is 12.6 Å². The summed E-state index contributed by atoms with van der Waals surface area (Å²) in [6, 6.07) is 6.00. The van der Waals surface area contributed by atoms with Crippen LogP contribution in [-0.4, -0.2) is 63.1 Å². The number of nitrogens with one attached hydrogen (secondary N) is 1. The third-order valence-electron chi connectivity index (χ3n) is 6.67. The van der Waals surface area contributed by atoms with E-state index in [-0.39, 0.29) is 30.7 Å². The summed E-state index contributed by atoms with van der Waals surface area (Å²) in [4.78, 5) is 14.3. The molecule has 3 aliphatic rings. The Labute approximate surface area is 189 Å². The maximum absolute atomic E-state index is 13.5. The smallest absolute Gasteiger partial charge is 0.410 e. The molecule has 3 fully saturated rings. The van der Waals surface area contributed by atoms with E-state index in [2.05, 4.69) is 4.72 Å². The van der Waals surface area contributed by atoms with E-state index in [0.29, 0.717) is 25.3 Å². The number of ether oxygens (including phenoxy) is 2. The number of likely N-dealkylation sites (tertiary alicyclic amines) is 1. The van der Waals surface area contributed by atoms with Crippen molar-refractivity contribution in [3.8, 4) is 0 Å². The van der Waals surface area contributed by atoms with Crippen LogP contribution in [0.15, 0.2) is 24.3 Å². The first-order valence-corrected chi connectivity index (χ1v) is 13.5. The normalized spacial score (nSPS) is 29.0. The van der Waals surface area contributed by atoms with E-state index in [1.54, 1.807) is 17.0 Å². The zero-order valence-electron chi connectivity index (χ0n) is 18.5. The Morgan fingerprint density at radius 3 is 2.50 bits per heavy atom. The first-order chi connectivity index (χ1) is 15.3. The molecule has 0 aromatic heterocycles. The topological polar surface area (TPSA) is 84.9 Å². The highest BCUT2D eigenvalue weighted by Gasteiger charge is 2.39. The third-order valence-corrected chi connectivity index (χ3v) is 7.40. The number of hydrogen-bond donors (Lipinski definition) is 1. The molecule has 1 N–H and O–H groups in total. The molecule has 32 heavy (non-hydrogen) atoms. The zero-order valence-corrected chi connectivity index (χ0v) is 19.4. The molecule has 0 unspecified atom stereocenters. The highest BCUT2D eigenvalue weighted by Crippen LogP contribution is 2.35. The number of nitrogens with zero attached hydrogens (tertiary/aromatic N) is 1. The minimum atomic E-state index is -3.42. The van der Waals surface area contributed by atoms with Crippen molar-refractivity contribution in [2.75, 3.05) is 19.4 Å². The largest absolute Gasteiger partial charge is 0.446 e. The molecule has 2 saturated carbocycles. The van der Waals surface area contributed by atoms with Gasteiger partial charge < -0.3 is 14.4 Å². The van der Waals surface area contributed by atoms with Gasteiger partial charge in [0.2, 0.25) is 10.0 Å². The molecule has 4 rings (SSSR count). The Kier molecular flexibility index (Phi) is 7.37. The molecule has 1 saturated heterocycles. The standard InChI is InChI=1S/C23H33FN2O5S/c1-32(28,29)25-21-6-3-13-26(23(27)31-20-11-12-20)22(21)15-30-19-9-7-16(8-10-19)17-4-2-5-18(24)14-17/h2,4-5,14,16,19-22,25H,3,6-13,15H2,1H3/t16?,19?,21-,22-/m0/s1. The van der Waals surface area contributed by atoms with Gasteiger partial charge in [-0.25, -0.2) is 22.3 Å². The summed E-state index contributed by atoms with van der Waals surface area (Å²) in [6.07, 6.45) is 7.47. The second kappa shape index (κ2) is 10.1. The number of benzene rings is 1. The molecule has 1 heterocycles. The van der Waals surface area contributed by atoms with Crippen molar-refractivity contribution in [2.24, 2.45) is 0 Å². The van der Waals surface area contributed by atoms with Crippen LogP contribution in [0.3, 0.4) is 0 Å². The molecule has 0 bridgehead atoms. The van der Waals surface area contributed by atoms with Crippen LogP contribution in [0, 0.1) is 5.82 Å². The van der Waals surface area contributed by atoms with Crippen molar-refractivity contribution in [1.29, 1.82) is 0 Å². The van der Waals surface area contributed by atoms with Gasteiger partial charge in [-0.15, -0.1) is 0 Å². The Hall–Kier alpha value is -1.71. The Morgan fingerprint density at radius 2 is 1.84 bits per heavy atom. The fraction of sp³-hybridized carbons (Fsp3) is 0.696. The lowest BCUT2D eigenvalue weighted by Crippen LogP contribution is -2.59. The van der Waals surface area contributed by atoms with Crippen molar-refractivity contribution in [1.82, 2.24) is 9.62 Å². The van der Waals surface area contributed by atoms with Gasteiger partial charge in [0.25, 0.3) is 0 Å². The van der Waals surface area contributed by atoms with Crippen molar-refractivity contribution >= 4 is 16.1 Å². The summed E-state index contributed by atoms with van der Waals surface area (Å²) in [7, 11) is -3.42. The summed E-state index contributed by atoms with van der Waals surface area (Å²) in [5.41, 5.74) is 1.03. The molecule has 2 atom stereocenters. The van der Waals surface area contributed by atoms with E-state index >= 15 is 0 Å². The van der Waals surface area contributed by atoms with Gasteiger partial charge in [0.15, 0.2) is 0 Å². The Bertz CT molecular complexity index is 899. The quantitative estimate of drug-likeness (QED) is 0.662. The monoisotopic (exact) mass is 468 g/mol. The Morgan fingerprint density at radius 1 is 1.12 bits per heavy atom.